The first-order valence-corrected chi connectivity index (χ1v) is 16.9. The second kappa shape index (κ2) is 16.0. The summed E-state index contributed by atoms with van der Waals surface area (Å²) in [6.07, 6.45) is 5.96. The second-order valence-corrected chi connectivity index (χ2v) is 13.3. The van der Waals surface area contributed by atoms with Crippen LogP contribution >= 0.6 is 0 Å². The molecular formula is C40H46N2O6. The van der Waals surface area contributed by atoms with Gasteiger partial charge in [-0.25, -0.2) is 4.84 Å². The summed E-state index contributed by atoms with van der Waals surface area (Å²) in [6, 6.07) is 35.0. The van der Waals surface area contributed by atoms with Gasteiger partial charge in [0.2, 0.25) is 0 Å². The molecule has 252 valence electrons. The number of rotatable bonds is 15. The third kappa shape index (κ3) is 8.76. The van der Waals surface area contributed by atoms with Crippen molar-refractivity contribution in [1.29, 1.82) is 0 Å². The van der Waals surface area contributed by atoms with E-state index in [0.29, 0.717) is 30.8 Å². The quantitative estimate of drug-likeness (QED) is 0.102. The Kier molecular flexibility index (Phi) is 11.3. The summed E-state index contributed by atoms with van der Waals surface area (Å²) in [6.45, 7) is 2.55. The summed E-state index contributed by atoms with van der Waals surface area (Å²) in [5.74, 6) is 0.124. The fraction of sp³-hybridized carbons (Fsp3) is 0.375. The SMILES string of the molecule is COCCCc1ccccc1CC1(COC2CN(C(=O)c3ccc(CON(O)O)cc3)CC[C@@H]2c2cccc(-c3ccccc3)c2)CC1. The van der Waals surface area contributed by atoms with Crippen molar-refractivity contribution in [3.63, 3.8) is 0 Å². The fourth-order valence-corrected chi connectivity index (χ4v) is 6.91. The van der Waals surface area contributed by atoms with Crippen molar-refractivity contribution in [2.45, 2.75) is 57.2 Å². The van der Waals surface area contributed by atoms with E-state index in [4.69, 9.17) is 24.7 Å². The third-order valence-corrected chi connectivity index (χ3v) is 9.85. The molecule has 1 saturated carbocycles. The molecule has 1 aliphatic heterocycles. The van der Waals surface area contributed by atoms with E-state index in [9.17, 15) is 4.79 Å². The number of piperidine rings is 1. The van der Waals surface area contributed by atoms with Crippen LogP contribution in [0.4, 0.5) is 0 Å². The minimum absolute atomic E-state index is 0.0236. The number of hydrogen-bond donors (Lipinski definition) is 2. The maximum Gasteiger partial charge on any atom is 0.253 e. The average molecular weight is 651 g/mol. The van der Waals surface area contributed by atoms with Crippen molar-refractivity contribution in [3.8, 4) is 11.1 Å². The van der Waals surface area contributed by atoms with Crippen LogP contribution in [0.3, 0.4) is 0 Å². The highest BCUT2D eigenvalue weighted by atomic mass is 17.1. The monoisotopic (exact) mass is 650 g/mol. The van der Waals surface area contributed by atoms with Crippen molar-refractivity contribution in [1.82, 2.24) is 10.3 Å². The first-order valence-electron chi connectivity index (χ1n) is 16.9. The number of methoxy groups -OCH3 is 1. The molecule has 1 unspecified atom stereocenters. The summed E-state index contributed by atoms with van der Waals surface area (Å²) in [5.41, 5.74) is 7.83. The number of benzene rings is 4. The van der Waals surface area contributed by atoms with E-state index in [1.54, 1.807) is 31.4 Å². The van der Waals surface area contributed by atoms with Crippen molar-refractivity contribution < 1.29 is 29.5 Å². The van der Waals surface area contributed by atoms with Gasteiger partial charge in [-0.3, -0.25) is 15.2 Å². The van der Waals surface area contributed by atoms with Gasteiger partial charge in [0.15, 0.2) is 0 Å². The summed E-state index contributed by atoms with van der Waals surface area (Å²) in [7, 11) is 1.75. The number of ether oxygens (including phenoxy) is 2. The summed E-state index contributed by atoms with van der Waals surface area (Å²) < 4.78 is 12.2. The zero-order valence-electron chi connectivity index (χ0n) is 27.7. The van der Waals surface area contributed by atoms with Gasteiger partial charge in [-0.15, -0.1) is 0 Å². The van der Waals surface area contributed by atoms with Crippen LogP contribution in [0.25, 0.3) is 11.1 Å². The topological polar surface area (TPSA) is 91.7 Å². The first-order chi connectivity index (χ1) is 23.4. The van der Waals surface area contributed by atoms with Crippen LogP contribution in [-0.2, 0) is 33.8 Å². The molecule has 1 aliphatic carbocycles. The van der Waals surface area contributed by atoms with Crippen molar-refractivity contribution >= 4 is 5.91 Å². The van der Waals surface area contributed by atoms with Crippen molar-refractivity contribution in [2.75, 3.05) is 33.4 Å². The molecule has 2 fully saturated rings. The van der Waals surface area contributed by atoms with E-state index in [2.05, 4.69) is 72.8 Å². The van der Waals surface area contributed by atoms with E-state index in [1.165, 1.54) is 27.8 Å². The fourth-order valence-electron chi connectivity index (χ4n) is 6.91. The van der Waals surface area contributed by atoms with E-state index in [1.807, 2.05) is 11.0 Å². The standard InChI is InChI=1S/C40H46N2O6/c1-46-24-8-15-32-11-5-6-12-36(32)26-40(21-22-40)29-47-38-27-41(39(43)33-18-16-30(17-19-33)28-48-42(44)45)23-20-37(38)35-14-7-13-34(25-35)31-9-3-2-4-10-31/h2-7,9-14,16-19,25,37-38,44-45H,8,15,20-24,26-29H2,1H3/t37-,38?/m1/s1. The van der Waals surface area contributed by atoms with Gasteiger partial charge in [0, 0.05) is 38.3 Å². The second-order valence-electron chi connectivity index (χ2n) is 13.3. The molecule has 0 aromatic heterocycles. The first kappa shape index (κ1) is 34.0. The van der Waals surface area contributed by atoms with Gasteiger partial charge in [-0.2, -0.15) is 0 Å². The molecule has 8 heteroatoms. The number of hydrogen-bond acceptors (Lipinski definition) is 7. The van der Waals surface area contributed by atoms with Gasteiger partial charge in [0.25, 0.3) is 5.91 Å². The minimum atomic E-state index is -0.313. The number of carbonyl (C=O) groups is 1. The van der Waals surface area contributed by atoms with Crippen LogP contribution in [-0.4, -0.2) is 66.1 Å². The molecule has 2 N–H and O–H groups in total. The van der Waals surface area contributed by atoms with Crippen LogP contribution in [0, 0.1) is 5.41 Å². The number of nitrogens with zero attached hydrogens (tertiary/aromatic N) is 2. The van der Waals surface area contributed by atoms with Crippen LogP contribution in [0.1, 0.15) is 64.2 Å². The van der Waals surface area contributed by atoms with E-state index >= 15 is 0 Å². The Bertz CT molecular complexity index is 1620. The van der Waals surface area contributed by atoms with Crippen LogP contribution in [0.15, 0.2) is 103 Å². The maximum atomic E-state index is 13.7. The lowest BCUT2D eigenvalue weighted by Gasteiger charge is -2.39. The smallest absolute Gasteiger partial charge is 0.253 e. The largest absolute Gasteiger partial charge is 0.385 e. The van der Waals surface area contributed by atoms with E-state index in [-0.39, 0.29) is 35.3 Å². The lowest BCUT2D eigenvalue weighted by Crippen LogP contribution is -2.47. The van der Waals surface area contributed by atoms with E-state index < -0.39 is 0 Å². The van der Waals surface area contributed by atoms with Gasteiger partial charge in [0.05, 0.1) is 24.7 Å². The Morgan fingerprint density at radius 2 is 1.62 bits per heavy atom. The molecule has 2 atom stereocenters. The number of aryl methyl sites for hydroxylation is 1. The molecule has 4 aromatic rings. The zero-order chi connectivity index (χ0) is 33.3. The molecule has 0 radical (unpaired) electrons. The van der Waals surface area contributed by atoms with Gasteiger partial charge in [0.1, 0.15) is 0 Å². The molecule has 1 heterocycles. The van der Waals surface area contributed by atoms with Gasteiger partial charge in [-0.05, 0) is 89.5 Å². The Morgan fingerprint density at radius 1 is 0.896 bits per heavy atom. The lowest BCUT2D eigenvalue weighted by molar-refractivity contribution is -0.497. The zero-order valence-corrected chi connectivity index (χ0v) is 27.7. The predicted molar refractivity (Wildman–Crippen MR) is 184 cm³/mol. The van der Waals surface area contributed by atoms with Crippen molar-refractivity contribution in [2.24, 2.45) is 5.41 Å². The molecule has 0 bridgehead atoms. The van der Waals surface area contributed by atoms with Gasteiger partial charge < -0.3 is 14.4 Å². The summed E-state index contributed by atoms with van der Waals surface area (Å²) >= 11 is 0. The Morgan fingerprint density at radius 3 is 2.35 bits per heavy atom. The number of amides is 1. The van der Waals surface area contributed by atoms with Crippen LogP contribution in [0.5, 0.6) is 0 Å². The minimum Gasteiger partial charge on any atom is -0.385 e. The normalized spacial score (nSPS) is 18.6. The molecule has 8 nitrogen and oxygen atoms in total. The van der Waals surface area contributed by atoms with Crippen LogP contribution in [0.2, 0.25) is 0 Å². The Labute approximate surface area is 283 Å². The molecule has 1 saturated heterocycles. The lowest BCUT2D eigenvalue weighted by atomic mass is 9.85. The molecular weight excluding hydrogens is 604 g/mol. The van der Waals surface area contributed by atoms with Gasteiger partial charge >= 0.3 is 0 Å². The predicted octanol–water partition coefficient (Wildman–Crippen LogP) is 7.48. The molecule has 4 aromatic carbocycles. The summed E-state index contributed by atoms with van der Waals surface area (Å²) in [5, 5.41) is 17.4. The molecule has 48 heavy (non-hydrogen) atoms. The average Bonchev–Trinajstić information content (AvgIpc) is 3.90. The number of carbonyl (C=O) groups excluding carboxylic acids is 1. The molecule has 2 aliphatic rings. The molecule has 0 spiro atoms. The Hall–Kier alpha value is -3.89. The third-order valence-electron chi connectivity index (χ3n) is 9.85. The van der Waals surface area contributed by atoms with Gasteiger partial charge in [-0.1, -0.05) is 91.0 Å². The van der Waals surface area contributed by atoms with Crippen molar-refractivity contribution in [3.05, 3.63) is 131 Å². The van der Waals surface area contributed by atoms with E-state index in [0.717, 1.165) is 45.1 Å². The Balaban J connectivity index is 1.19. The summed E-state index contributed by atoms with van der Waals surface area (Å²) in [4.78, 5) is 20.4. The number of likely N-dealkylation sites (tertiary alicyclic amines) is 1. The molecule has 6 rings (SSSR count). The molecule has 1 amide bonds. The maximum absolute atomic E-state index is 13.7. The highest BCUT2D eigenvalue weighted by Crippen LogP contribution is 2.50. The van der Waals surface area contributed by atoms with Crippen LogP contribution < -0.4 is 0 Å². The highest BCUT2D eigenvalue weighted by molar-refractivity contribution is 5.94. The highest BCUT2D eigenvalue weighted by Gasteiger charge is 2.45.